The Balaban J connectivity index is 2.09. The molecule has 3 rings (SSSR count). The van der Waals surface area contributed by atoms with Crippen molar-refractivity contribution in [2.75, 3.05) is 23.8 Å². The van der Waals surface area contributed by atoms with Gasteiger partial charge < -0.3 is 15.4 Å². The van der Waals surface area contributed by atoms with Gasteiger partial charge in [-0.25, -0.2) is 0 Å². The van der Waals surface area contributed by atoms with E-state index in [2.05, 4.69) is 11.0 Å². The molecule has 86 valence electrons. The van der Waals surface area contributed by atoms with Gasteiger partial charge >= 0.3 is 0 Å². The van der Waals surface area contributed by atoms with Gasteiger partial charge in [-0.3, -0.25) is 0 Å². The van der Waals surface area contributed by atoms with Crippen molar-refractivity contribution in [1.29, 1.82) is 0 Å². The van der Waals surface area contributed by atoms with E-state index in [0.29, 0.717) is 6.61 Å². The summed E-state index contributed by atoms with van der Waals surface area (Å²) in [6.07, 6.45) is 0. The summed E-state index contributed by atoms with van der Waals surface area (Å²) in [5.74, 6) is 0.919. The second kappa shape index (κ2) is 4.01. The number of ether oxygens (including phenoxy) is 1. The molecule has 0 atom stereocenters. The molecule has 0 saturated heterocycles. The van der Waals surface area contributed by atoms with Crippen LogP contribution < -0.4 is 15.4 Å². The SMILES string of the molecule is Nc1ccccc1N1CCOc2ccccc21. The summed E-state index contributed by atoms with van der Waals surface area (Å²) >= 11 is 0. The molecule has 0 radical (unpaired) electrons. The number of nitrogens with two attached hydrogens (primary N) is 1. The molecule has 1 heterocycles. The lowest BCUT2D eigenvalue weighted by molar-refractivity contribution is 0.314. The van der Waals surface area contributed by atoms with E-state index in [9.17, 15) is 0 Å². The van der Waals surface area contributed by atoms with Gasteiger partial charge in [-0.1, -0.05) is 24.3 Å². The average Bonchev–Trinajstić information content (AvgIpc) is 2.39. The van der Waals surface area contributed by atoms with Crippen LogP contribution in [0, 0.1) is 0 Å². The Morgan fingerprint density at radius 2 is 1.65 bits per heavy atom. The zero-order chi connectivity index (χ0) is 11.7. The number of nitrogen functional groups attached to an aromatic ring is 1. The highest BCUT2D eigenvalue weighted by molar-refractivity contribution is 5.78. The van der Waals surface area contributed by atoms with Crippen molar-refractivity contribution in [1.82, 2.24) is 0 Å². The zero-order valence-electron chi connectivity index (χ0n) is 9.47. The fourth-order valence-electron chi connectivity index (χ4n) is 2.15. The number of para-hydroxylation sites is 4. The number of anilines is 3. The highest BCUT2D eigenvalue weighted by atomic mass is 16.5. The number of hydrogen-bond acceptors (Lipinski definition) is 3. The molecule has 0 aliphatic carbocycles. The van der Waals surface area contributed by atoms with Gasteiger partial charge in [0.05, 0.1) is 23.6 Å². The van der Waals surface area contributed by atoms with E-state index < -0.39 is 0 Å². The Hall–Kier alpha value is -2.16. The first-order chi connectivity index (χ1) is 8.36. The smallest absolute Gasteiger partial charge is 0.143 e. The number of benzene rings is 2. The van der Waals surface area contributed by atoms with E-state index >= 15 is 0 Å². The maximum Gasteiger partial charge on any atom is 0.143 e. The quantitative estimate of drug-likeness (QED) is 0.760. The largest absolute Gasteiger partial charge is 0.490 e. The maximum atomic E-state index is 6.03. The fourth-order valence-corrected chi connectivity index (χ4v) is 2.15. The van der Waals surface area contributed by atoms with Gasteiger partial charge in [0.2, 0.25) is 0 Å². The van der Waals surface area contributed by atoms with Crippen molar-refractivity contribution in [3.63, 3.8) is 0 Å². The van der Waals surface area contributed by atoms with Crippen LogP contribution in [0.3, 0.4) is 0 Å². The monoisotopic (exact) mass is 226 g/mol. The van der Waals surface area contributed by atoms with Gasteiger partial charge in [0.1, 0.15) is 12.4 Å². The molecule has 0 saturated carbocycles. The van der Waals surface area contributed by atoms with Crippen LogP contribution in [-0.2, 0) is 0 Å². The maximum absolute atomic E-state index is 6.03. The second-order valence-corrected chi connectivity index (χ2v) is 4.03. The summed E-state index contributed by atoms with van der Waals surface area (Å²) in [4.78, 5) is 2.20. The number of nitrogens with zero attached hydrogens (tertiary/aromatic N) is 1. The molecule has 3 heteroatoms. The van der Waals surface area contributed by atoms with Gasteiger partial charge in [0.15, 0.2) is 0 Å². The average molecular weight is 226 g/mol. The molecule has 2 aromatic carbocycles. The second-order valence-electron chi connectivity index (χ2n) is 4.03. The summed E-state index contributed by atoms with van der Waals surface area (Å²) in [6, 6.07) is 16.0. The summed E-state index contributed by atoms with van der Waals surface area (Å²) < 4.78 is 5.63. The van der Waals surface area contributed by atoms with E-state index in [1.807, 2.05) is 42.5 Å². The van der Waals surface area contributed by atoms with E-state index in [1.165, 1.54) is 0 Å². The summed E-state index contributed by atoms with van der Waals surface area (Å²) in [7, 11) is 0. The fraction of sp³-hybridized carbons (Fsp3) is 0.143. The Morgan fingerprint density at radius 1 is 0.941 bits per heavy atom. The molecule has 1 aliphatic rings. The van der Waals surface area contributed by atoms with Crippen molar-refractivity contribution in [3.8, 4) is 5.75 Å². The summed E-state index contributed by atoms with van der Waals surface area (Å²) in [5, 5.41) is 0. The molecule has 3 nitrogen and oxygen atoms in total. The van der Waals surface area contributed by atoms with Gasteiger partial charge in [0.25, 0.3) is 0 Å². The predicted octanol–water partition coefficient (Wildman–Crippen LogP) is 2.80. The minimum absolute atomic E-state index is 0.686. The Kier molecular flexibility index (Phi) is 2.37. The lowest BCUT2D eigenvalue weighted by Crippen LogP contribution is -2.29. The molecule has 1 aliphatic heterocycles. The van der Waals surface area contributed by atoms with Gasteiger partial charge in [-0.2, -0.15) is 0 Å². The van der Waals surface area contributed by atoms with Crippen LogP contribution in [0.5, 0.6) is 5.75 Å². The third kappa shape index (κ3) is 1.69. The normalized spacial score (nSPS) is 14.0. The third-order valence-corrected chi connectivity index (χ3v) is 2.96. The van der Waals surface area contributed by atoms with Crippen molar-refractivity contribution in [2.24, 2.45) is 0 Å². The molecule has 0 spiro atoms. The molecule has 2 N–H and O–H groups in total. The molecular formula is C14H14N2O. The highest BCUT2D eigenvalue weighted by Crippen LogP contribution is 2.38. The summed E-state index contributed by atoms with van der Waals surface area (Å²) in [6.45, 7) is 1.51. The van der Waals surface area contributed by atoms with E-state index in [1.54, 1.807) is 0 Å². The van der Waals surface area contributed by atoms with Gasteiger partial charge in [0, 0.05) is 0 Å². The third-order valence-electron chi connectivity index (χ3n) is 2.96. The van der Waals surface area contributed by atoms with Crippen molar-refractivity contribution >= 4 is 17.1 Å². The molecule has 0 unspecified atom stereocenters. The minimum Gasteiger partial charge on any atom is -0.490 e. The van der Waals surface area contributed by atoms with E-state index in [-0.39, 0.29) is 0 Å². The van der Waals surface area contributed by atoms with Crippen molar-refractivity contribution in [3.05, 3.63) is 48.5 Å². The van der Waals surface area contributed by atoms with E-state index in [4.69, 9.17) is 10.5 Å². The van der Waals surface area contributed by atoms with Gasteiger partial charge in [-0.05, 0) is 24.3 Å². The lowest BCUT2D eigenvalue weighted by Gasteiger charge is -2.31. The van der Waals surface area contributed by atoms with Crippen LogP contribution >= 0.6 is 0 Å². The number of fused-ring (bicyclic) bond motifs is 1. The molecule has 17 heavy (non-hydrogen) atoms. The first-order valence-corrected chi connectivity index (χ1v) is 5.70. The van der Waals surface area contributed by atoms with Crippen LogP contribution in [0.25, 0.3) is 0 Å². The highest BCUT2D eigenvalue weighted by Gasteiger charge is 2.19. The molecule has 0 amide bonds. The predicted molar refractivity (Wildman–Crippen MR) is 69.8 cm³/mol. The lowest BCUT2D eigenvalue weighted by atomic mass is 10.2. The van der Waals surface area contributed by atoms with Gasteiger partial charge in [-0.15, -0.1) is 0 Å². The molecular weight excluding hydrogens is 212 g/mol. The van der Waals surface area contributed by atoms with Crippen LogP contribution in [0.15, 0.2) is 48.5 Å². The Morgan fingerprint density at radius 3 is 2.47 bits per heavy atom. The summed E-state index contributed by atoms with van der Waals surface area (Å²) in [5.41, 5.74) is 8.95. The van der Waals surface area contributed by atoms with E-state index in [0.717, 1.165) is 29.4 Å². The number of hydrogen-bond donors (Lipinski definition) is 1. The van der Waals surface area contributed by atoms with Crippen LogP contribution in [0.4, 0.5) is 17.1 Å². The molecule has 2 aromatic rings. The molecule has 0 aromatic heterocycles. The zero-order valence-corrected chi connectivity index (χ0v) is 9.47. The molecule has 0 bridgehead atoms. The first kappa shape index (κ1) is 10.0. The van der Waals surface area contributed by atoms with Crippen molar-refractivity contribution in [2.45, 2.75) is 0 Å². The first-order valence-electron chi connectivity index (χ1n) is 5.70. The molecule has 0 fully saturated rings. The van der Waals surface area contributed by atoms with Crippen LogP contribution in [-0.4, -0.2) is 13.2 Å². The Bertz CT molecular complexity index is 539. The van der Waals surface area contributed by atoms with Crippen LogP contribution in [0.1, 0.15) is 0 Å². The van der Waals surface area contributed by atoms with Crippen molar-refractivity contribution < 1.29 is 4.74 Å². The number of rotatable bonds is 1. The van der Waals surface area contributed by atoms with Crippen LogP contribution in [0.2, 0.25) is 0 Å². The Labute approximate surface area is 100 Å². The topological polar surface area (TPSA) is 38.5 Å². The standard InChI is InChI=1S/C14H14N2O/c15-11-5-1-2-6-12(11)16-9-10-17-14-8-4-3-7-13(14)16/h1-8H,9-10,15H2. The minimum atomic E-state index is 0.686.